The summed E-state index contributed by atoms with van der Waals surface area (Å²) < 4.78 is 53.8. The Morgan fingerprint density at radius 1 is 1.06 bits per heavy atom. The van der Waals surface area contributed by atoms with Crippen molar-refractivity contribution < 1.29 is 37.3 Å². The van der Waals surface area contributed by atoms with Crippen molar-refractivity contribution in [1.82, 2.24) is 5.32 Å². The highest BCUT2D eigenvalue weighted by Crippen LogP contribution is 2.29. The number of halogens is 3. The smallest absolute Gasteiger partial charge is 0.407 e. The third-order valence-corrected chi connectivity index (χ3v) is 4.61. The number of rotatable bonds is 8. The van der Waals surface area contributed by atoms with Gasteiger partial charge in [0.2, 0.25) is 0 Å². The van der Waals surface area contributed by atoms with Crippen LogP contribution >= 0.6 is 0 Å². The first-order chi connectivity index (χ1) is 15.4. The molecule has 2 aromatic rings. The Morgan fingerprint density at radius 3 is 2.27 bits per heavy atom. The van der Waals surface area contributed by atoms with Crippen LogP contribution in [0.5, 0.6) is 0 Å². The topological polar surface area (TPSA) is 84.9 Å². The molecule has 1 amide bonds. The summed E-state index contributed by atoms with van der Waals surface area (Å²) in [6.07, 6.45) is -4.35. The van der Waals surface area contributed by atoms with Gasteiger partial charge in [0.15, 0.2) is 0 Å². The van der Waals surface area contributed by atoms with Crippen molar-refractivity contribution in [3.63, 3.8) is 0 Å². The van der Waals surface area contributed by atoms with Crippen molar-refractivity contribution >= 4 is 12.1 Å². The fourth-order valence-corrected chi connectivity index (χ4v) is 3.12. The summed E-state index contributed by atoms with van der Waals surface area (Å²) in [6, 6.07) is 11.2. The summed E-state index contributed by atoms with van der Waals surface area (Å²) >= 11 is 0. The van der Waals surface area contributed by atoms with E-state index in [4.69, 9.17) is 4.74 Å². The number of carbonyl (C=O) groups excluding carboxylic acids is 2. The molecule has 0 aromatic heterocycles. The first-order valence-electron chi connectivity index (χ1n) is 10.4. The first-order valence-corrected chi connectivity index (χ1v) is 10.4. The number of ether oxygens (including phenoxy) is 2. The molecule has 0 saturated heterocycles. The van der Waals surface area contributed by atoms with Crippen molar-refractivity contribution in [2.24, 2.45) is 0 Å². The van der Waals surface area contributed by atoms with E-state index in [1.165, 1.54) is 25.1 Å². The van der Waals surface area contributed by atoms with Crippen LogP contribution in [-0.4, -0.2) is 47.4 Å². The van der Waals surface area contributed by atoms with Gasteiger partial charge in [-0.05, 0) is 45.2 Å². The standard InChI is InChI=1S/C24H28F3NO5/c1-5-32-21(30)24(26,27)20(29)18(28-22(31)33-23(2,3)4)14-16-12-9-13-17(19(16)25)15-10-7-6-8-11-15/h6-13,18,20,29H,5,14H2,1-4H3,(H,28,31). The van der Waals surface area contributed by atoms with Crippen LogP contribution in [0.15, 0.2) is 48.5 Å². The molecule has 6 nitrogen and oxygen atoms in total. The number of esters is 1. The lowest BCUT2D eigenvalue weighted by atomic mass is 9.94. The molecular formula is C24H28F3NO5. The summed E-state index contributed by atoms with van der Waals surface area (Å²) in [7, 11) is 0. The third kappa shape index (κ3) is 6.95. The number of nitrogens with one attached hydrogen (secondary N) is 1. The van der Waals surface area contributed by atoms with Gasteiger partial charge in [-0.3, -0.25) is 0 Å². The summed E-state index contributed by atoms with van der Waals surface area (Å²) in [5.74, 6) is -7.01. The van der Waals surface area contributed by atoms with Crippen LogP contribution in [0.3, 0.4) is 0 Å². The molecule has 33 heavy (non-hydrogen) atoms. The molecule has 0 radical (unpaired) electrons. The van der Waals surface area contributed by atoms with E-state index in [0.29, 0.717) is 5.56 Å². The number of aliphatic hydroxyl groups excluding tert-OH is 1. The van der Waals surface area contributed by atoms with Crippen molar-refractivity contribution in [3.05, 3.63) is 59.9 Å². The number of carbonyl (C=O) groups is 2. The van der Waals surface area contributed by atoms with Gasteiger partial charge >= 0.3 is 18.0 Å². The summed E-state index contributed by atoms with van der Waals surface area (Å²) in [5.41, 5.74) is -0.223. The molecule has 0 spiro atoms. The second-order valence-electron chi connectivity index (χ2n) is 8.39. The van der Waals surface area contributed by atoms with E-state index in [9.17, 15) is 23.5 Å². The molecule has 2 atom stereocenters. The Balaban J connectivity index is 2.40. The highest BCUT2D eigenvalue weighted by atomic mass is 19.3. The number of hydrogen-bond donors (Lipinski definition) is 2. The number of alkyl carbamates (subject to hydrolysis) is 1. The molecular weight excluding hydrogens is 439 g/mol. The van der Waals surface area contributed by atoms with E-state index in [2.05, 4.69) is 10.1 Å². The highest BCUT2D eigenvalue weighted by Gasteiger charge is 2.52. The van der Waals surface area contributed by atoms with Crippen LogP contribution in [-0.2, 0) is 20.7 Å². The minimum atomic E-state index is -4.36. The predicted octanol–water partition coefficient (Wildman–Crippen LogP) is 4.49. The van der Waals surface area contributed by atoms with E-state index in [1.807, 2.05) is 0 Å². The van der Waals surface area contributed by atoms with E-state index in [-0.39, 0.29) is 17.7 Å². The average Bonchev–Trinajstić information content (AvgIpc) is 2.73. The lowest BCUT2D eigenvalue weighted by Gasteiger charge is -2.30. The quantitative estimate of drug-likeness (QED) is 0.559. The van der Waals surface area contributed by atoms with Gasteiger partial charge in [0, 0.05) is 5.56 Å². The Labute approximate surface area is 190 Å². The Hall–Kier alpha value is -3.07. The van der Waals surface area contributed by atoms with Crippen molar-refractivity contribution in [3.8, 4) is 11.1 Å². The molecule has 0 aliphatic carbocycles. The SMILES string of the molecule is CCOC(=O)C(F)(F)C(O)C(Cc1cccc(-c2ccccc2)c1F)NC(=O)OC(C)(C)C. The highest BCUT2D eigenvalue weighted by molar-refractivity contribution is 5.79. The van der Waals surface area contributed by atoms with Crippen LogP contribution in [0, 0.1) is 5.82 Å². The monoisotopic (exact) mass is 467 g/mol. The Kier molecular flexibility index (Phi) is 8.49. The predicted molar refractivity (Wildman–Crippen MR) is 116 cm³/mol. The Bertz CT molecular complexity index is 960. The summed E-state index contributed by atoms with van der Waals surface area (Å²) in [4.78, 5) is 24.0. The zero-order valence-electron chi connectivity index (χ0n) is 18.9. The molecule has 0 aliphatic heterocycles. The first kappa shape index (κ1) is 26.2. The summed E-state index contributed by atoms with van der Waals surface area (Å²) in [6.45, 7) is 5.69. The van der Waals surface area contributed by atoms with E-state index >= 15 is 4.39 Å². The lowest BCUT2D eigenvalue weighted by molar-refractivity contribution is -0.191. The van der Waals surface area contributed by atoms with Crippen LogP contribution in [0.1, 0.15) is 33.3 Å². The van der Waals surface area contributed by atoms with Gasteiger partial charge < -0.3 is 19.9 Å². The van der Waals surface area contributed by atoms with Crippen LogP contribution in [0.4, 0.5) is 18.0 Å². The average molecular weight is 467 g/mol. The molecule has 0 bridgehead atoms. The zero-order valence-corrected chi connectivity index (χ0v) is 18.9. The molecule has 0 saturated carbocycles. The number of alkyl halides is 2. The molecule has 0 heterocycles. The summed E-state index contributed by atoms with van der Waals surface area (Å²) in [5, 5.41) is 12.5. The second-order valence-corrected chi connectivity index (χ2v) is 8.39. The number of aliphatic hydroxyl groups is 1. The number of hydrogen-bond acceptors (Lipinski definition) is 5. The van der Waals surface area contributed by atoms with Crippen LogP contribution < -0.4 is 5.32 Å². The van der Waals surface area contributed by atoms with Gasteiger partial charge in [-0.1, -0.05) is 48.5 Å². The fraction of sp³-hybridized carbons (Fsp3) is 0.417. The maximum absolute atomic E-state index is 15.3. The normalized spacial score (nSPS) is 13.7. The van der Waals surface area contributed by atoms with Gasteiger partial charge in [-0.15, -0.1) is 0 Å². The van der Waals surface area contributed by atoms with Crippen molar-refractivity contribution in [2.75, 3.05) is 6.61 Å². The van der Waals surface area contributed by atoms with Gasteiger partial charge in [0.05, 0.1) is 12.6 Å². The minimum Gasteiger partial charge on any atom is -0.461 e. The zero-order chi connectivity index (χ0) is 24.8. The van der Waals surface area contributed by atoms with Gasteiger partial charge in [-0.2, -0.15) is 8.78 Å². The maximum atomic E-state index is 15.3. The van der Waals surface area contributed by atoms with E-state index in [0.717, 1.165) is 0 Å². The Morgan fingerprint density at radius 2 is 1.70 bits per heavy atom. The van der Waals surface area contributed by atoms with Crippen LogP contribution in [0.25, 0.3) is 11.1 Å². The lowest BCUT2D eigenvalue weighted by Crippen LogP contribution is -2.56. The van der Waals surface area contributed by atoms with E-state index in [1.54, 1.807) is 51.1 Å². The molecule has 0 fully saturated rings. The van der Waals surface area contributed by atoms with Crippen LogP contribution in [0.2, 0.25) is 0 Å². The molecule has 2 N–H and O–H groups in total. The number of benzene rings is 2. The van der Waals surface area contributed by atoms with Gasteiger partial charge in [0.1, 0.15) is 17.5 Å². The van der Waals surface area contributed by atoms with Gasteiger partial charge in [-0.25, -0.2) is 14.0 Å². The van der Waals surface area contributed by atoms with E-state index < -0.39 is 48.0 Å². The second kappa shape index (κ2) is 10.7. The molecule has 0 aliphatic rings. The fourth-order valence-electron chi connectivity index (χ4n) is 3.12. The van der Waals surface area contributed by atoms with Crippen molar-refractivity contribution in [1.29, 1.82) is 0 Å². The van der Waals surface area contributed by atoms with Crippen molar-refractivity contribution in [2.45, 2.75) is 57.8 Å². The molecule has 2 unspecified atom stereocenters. The third-order valence-electron chi connectivity index (χ3n) is 4.61. The molecule has 9 heteroatoms. The maximum Gasteiger partial charge on any atom is 0.407 e. The molecule has 180 valence electrons. The van der Waals surface area contributed by atoms with Gasteiger partial charge in [0.25, 0.3) is 0 Å². The number of amides is 1. The largest absolute Gasteiger partial charge is 0.461 e. The molecule has 2 rings (SSSR count). The minimum absolute atomic E-state index is 0.0453. The molecule has 2 aromatic carbocycles.